The highest BCUT2D eigenvalue weighted by molar-refractivity contribution is 7.88. The number of anilines is 1. The largest absolute Gasteiger partial charge is 0.495 e. The molecule has 2 aromatic carbocycles. The molecule has 2 aromatic rings. The second-order valence-electron chi connectivity index (χ2n) is 7.21. The zero-order chi connectivity index (χ0) is 20.9. The number of nitrogens with one attached hydrogen (secondary N) is 2. The molecule has 0 aromatic heterocycles. The number of amides is 1. The molecule has 1 amide bonds. The number of benzene rings is 2. The van der Waals surface area contributed by atoms with Crippen LogP contribution in [-0.4, -0.2) is 58.0 Å². The standard InChI is InChI=1S/C21H27N3O4S/c1-17(21(25)22-19-10-6-7-11-20(19)28-2)23-12-14-24(15-13-23)29(26,27)16-18-8-4-3-5-9-18/h3-11,17H,12-16H2,1-2H3,(H,22,25)/p+1/t17-/m1/s1. The van der Waals surface area contributed by atoms with Crippen molar-refractivity contribution in [1.29, 1.82) is 0 Å². The van der Waals surface area contributed by atoms with E-state index in [4.69, 9.17) is 4.74 Å². The number of nitrogens with zero attached hydrogens (tertiary/aromatic N) is 1. The molecule has 7 nitrogen and oxygen atoms in total. The average molecular weight is 419 g/mol. The van der Waals surface area contributed by atoms with Gasteiger partial charge in [-0.25, -0.2) is 8.42 Å². The maximum absolute atomic E-state index is 12.7. The van der Waals surface area contributed by atoms with Crippen molar-refractivity contribution in [3.8, 4) is 5.75 Å². The predicted molar refractivity (Wildman–Crippen MR) is 112 cm³/mol. The molecular formula is C21H28N3O4S+. The van der Waals surface area contributed by atoms with Gasteiger partial charge in [-0.05, 0) is 24.6 Å². The lowest BCUT2D eigenvalue weighted by atomic mass is 10.2. The monoisotopic (exact) mass is 418 g/mol. The minimum absolute atomic E-state index is 0.00696. The molecule has 29 heavy (non-hydrogen) atoms. The van der Waals surface area contributed by atoms with Gasteiger partial charge in [-0.3, -0.25) is 4.79 Å². The molecule has 1 saturated heterocycles. The Balaban J connectivity index is 1.56. The smallest absolute Gasteiger partial charge is 0.282 e. The van der Waals surface area contributed by atoms with Crippen molar-refractivity contribution in [2.75, 3.05) is 38.6 Å². The highest BCUT2D eigenvalue weighted by Crippen LogP contribution is 2.22. The summed E-state index contributed by atoms with van der Waals surface area (Å²) in [5, 5.41) is 2.92. The zero-order valence-electron chi connectivity index (χ0n) is 16.8. The Morgan fingerprint density at radius 2 is 1.72 bits per heavy atom. The van der Waals surface area contributed by atoms with E-state index in [-0.39, 0.29) is 17.7 Å². The van der Waals surface area contributed by atoms with Gasteiger partial charge in [0.25, 0.3) is 5.91 Å². The Hall–Kier alpha value is -2.42. The highest BCUT2D eigenvalue weighted by Gasteiger charge is 2.33. The Morgan fingerprint density at radius 3 is 2.38 bits per heavy atom. The molecule has 1 atom stereocenters. The summed E-state index contributed by atoms with van der Waals surface area (Å²) in [6.45, 7) is 3.88. The van der Waals surface area contributed by atoms with Crippen LogP contribution in [0.15, 0.2) is 54.6 Å². The first kappa shape index (κ1) is 21.3. The number of carbonyl (C=O) groups excluding carboxylic acids is 1. The first-order valence-corrected chi connectivity index (χ1v) is 11.3. The minimum Gasteiger partial charge on any atom is -0.495 e. The molecule has 1 fully saturated rings. The predicted octanol–water partition coefficient (Wildman–Crippen LogP) is 0.753. The highest BCUT2D eigenvalue weighted by atomic mass is 32.2. The van der Waals surface area contributed by atoms with Crippen molar-refractivity contribution < 1.29 is 22.8 Å². The van der Waals surface area contributed by atoms with Crippen molar-refractivity contribution in [1.82, 2.24) is 4.31 Å². The van der Waals surface area contributed by atoms with E-state index in [9.17, 15) is 13.2 Å². The normalized spacial score (nSPS) is 16.9. The Kier molecular flexibility index (Phi) is 6.89. The molecule has 0 saturated carbocycles. The number of hydrogen-bond acceptors (Lipinski definition) is 4. The summed E-state index contributed by atoms with van der Waals surface area (Å²) in [5.41, 5.74) is 1.42. The van der Waals surface area contributed by atoms with Gasteiger partial charge in [-0.15, -0.1) is 0 Å². The lowest BCUT2D eigenvalue weighted by molar-refractivity contribution is -0.917. The van der Waals surface area contributed by atoms with E-state index >= 15 is 0 Å². The van der Waals surface area contributed by atoms with E-state index in [1.165, 1.54) is 4.31 Å². The van der Waals surface area contributed by atoms with Crippen LogP contribution in [0.2, 0.25) is 0 Å². The lowest BCUT2D eigenvalue weighted by Gasteiger charge is -2.34. The number of quaternary nitrogens is 1. The van der Waals surface area contributed by atoms with E-state index in [0.717, 1.165) is 10.5 Å². The average Bonchev–Trinajstić information content (AvgIpc) is 2.74. The van der Waals surface area contributed by atoms with E-state index in [1.807, 2.05) is 49.4 Å². The summed E-state index contributed by atoms with van der Waals surface area (Å²) >= 11 is 0. The maximum atomic E-state index is 12.7. The Morgan fingerprint density at radius 1 is 1.10 bits per heavy atom. The fourth-order valence-electron chi connectivity index (χ4n) is 3.54. The number of rotatable bonds is 7. The molecule has 0 spiro atoms. The van der Waals surface area contributed by atoms with Crippen LogP contribution in [0.1, 0.15) is 12.5 Å². The van der Waals surface area contributed by atoms with Crippen molar-refractivity contribution in [2.45, 2.75) is 18.7 Å². The summed E-state index contributed by atoms with van der Waals surface area (Å²) in [6.07, 6.45) is 0. The summed E-state index contributed by atoms with van der Waals surface area (Å²) in [4.78, 5) is 13.8. The molecule has 0 radical (unpaired) electrons. The summed E-state index contributed by atoms with van der Waals surface area (Å²) in [6, 6.07) is 16.2. The quantitative estimate of drug-likeness (QED) is 0.696. The molecule has 1 aliphatic rings. The first-order valence-electron chi connectivity index (χ1n) is 9.71. The van der Waals surface area contributed by atoms with Crippen LogP contribution in [-0.2, 0) is 20.6 Å². The van der Waals surface area contributed by atoms with Crippen LogP contribution < -0.4 is 15.0 Å². The minimum atomic E-state index is -3.36. The van der Waals surface area contributed by atoms with Crippen molar-refractivity contribution >= 4 is 21.6 Å². The molecule has 0 bridgehead atoms. The fourth-order valence-corrected chi connectivity index (χ4v) is 5.07. The number of methoxy groups -OCH3 is 1. The van der Waals surface area contributed by atoms with E-state index in [1.54, 1.807) is 19.2 Å². The molecule has 8 heteroatoms. The van der Waals surface area contributed by atoms with Gasteiger partial charge in [0.05, 0.1) is 44.7 Å². The molecule has 1 aliphatic heterocycles. The van der Waals surface area contributed by atoms with E-state index in [2.05, 4.69) is 5.32 Å². The third-order valence-electron chi connectivity index (χ3n) is 5.32. The van der Waals surface area contributed by atoms with Crippen LogP contribution >= 0.6 is 0 Å². The summed E-state index contributed by atoms with van der Waals surface area (Å²) in [7, 11) is -1.80. The molecule has 1 heterocycles. The van der Waals surface area contributed by atoms with Gasteiger partial charge in [-0.2, -0.15) is 4.31 Å². The van der Waals surface area contributed by atoms with Crippen molar-refractivity contribution in [2.24, 2.45) is 0 Å². The SMILES string of the molecule is COc1ccccc1NC(=O)[C@@H](C)[NH+]1CCN(S(=O)(=O)Cc2ccccc2)CC1. The molecule has 3 rings (SSSR count). The number of ether oxygens (including phenoxy) is 1. The van der Waals surface area contributed by atoms with Gasteiger partial charge in [-0.1, -0.05) is 42.5 Å². The lowest BCUT2D eigenvalue weighted by Crippen LogP contribution is -3.19. The molecule has 0 unspecified atom stereocenters. The second-order valence-corrected chi connectivity index (χ2v) is 9.18. The second kappa shape index (κ2) is 9.39. The third-order valence-corrected chi connectivity index (χ3v) is 7.17. The van der Waals surface area contributed by atoms with Crippen LogP contribution in [0.3, 0.4) is 0 Å². The summed E-state index contributed by atoms with van der Waals surface area (Å²) < 4.78 is 32.2. The van der Waals surface area contributed by atoms with Gasteiger partial charge in [0.2, 0.25) is 10.0 Å². The summed E-state index contributed by atoms with van der Waals surface area (Å²) in [5.74, 6) is 0.512. The number of para-hydroxylation sites is 2. The van der Waals surface area contributed by atoms with Gasteiger partial charge in [0.1, 0.15) is 5.75 Å². The zero-order valence-corrected chi connectivity index (χ0v) is 17.6. The van der Waals surface area contributed by atoms with Crippen LogP contribution in [0.25, 0.3) is 0 Å². The van der Waals surface area contributed by atoms with Gasteiger partial charge in [0, 0.05) is 0 Å². The maximum Gasteiger partial charge on any atom is 0.282 e. The van der Waals surface area contributed by atoms with Crippen molar-refractivity contribution in [3.05, 3.63) is 60.2 Å². The number of hydrogen-bond donors (Lipinski definition) is 2. The third kappa shape index (κ3) is 5.35. The van der Waals surface area contributed by atoms with Crippen LogP contribution in [0.5, 0.6) is 5.75 Å². The fraction of sp³-hybridized carbons (Fsp3) is 0.381. The number of carbonyl (C=O) groups is 1. The Bertz CT molecular complexity index is 926. The van der Waals surface area contributed by atoms with Gasteiger partial charge < -0.3 is 15.0 Å². The number of sulfonamides is 1. The Labute approximate surface area is 172 Å². The molecule has 2 N–H and O–H groups in total. The van der Waals surface area contributed by atoms with Crippen molar-refractivity contribution in [3.63, 3.8) is 0 Å². The molecular weight excluding hydrogens is 390 g/mol. The topological polar surface area (TPSA) is 80.2 Å². The van der Waals surface area contributed by atoms with Crippen LogP contribution in [0, 0.1) is 0 Å². The van der Waals surface area contributed by atoms with Gasteiger partial charge >= 0.3 is 0 Å². The first-order chi connectivity index (χ1) is 13.9. The molecule has 156 valence electrons. The van der Waals surface area contributed by atoms with E-state index < -0.39 is 10.0 Å². The number of piperazine rings is 1. The van der Waals surface area contributed by atoms with Crippen LogP contribution in [0.4, 0.5) is 5.69 Å². The van der Waals surface area contributed by atoms with Gasteiger partial charge in [0.15, 0.2) is 6.04 Å². The van der Waals surface area contributed by atoms with E-state index in [0.29, 0.717) is 37.6 Å². The molecule has 0 aliphatic carbocycles.